The van der Waals surface area contributed by atoms with E-state index in [0.29, 0.717) is 27.7 Å². The molecule has 0 saturated heterocycles. The average molecular weight is 295 g/mol. The fourth-order valence-electron chi connectivity index (χ4n) is 1.16. The van der Waals surface area contributed by atoms with Crippen LogP contribution in [0.4, 0.5) is 5.13 Å². The molecule has 106 valence electrons. The van der Waals surface area contributed by atoms with Crippen molar-refractivity contribution in [1.29, 1.82) is 0 Å². The summed E-state index contributed by atoms with van der Waals surface area (Å²) >= 11 is 1.19. The van der Waals surface area contributed by atoms with Crippen LogP contribution in [0.5, 0.6) is 11.8 Å². The number of aldehydes is 2. The number of pyridine rings is 1. The van der Waals surface area contributed by atoms with Crippen LogP contribution in [0, 0.1) is 0 Å². The van der Waals surface area contributed by atoms with Crippen molar-refractivity contribution in [2.75, 3.05) is 20.0 Å². The predicted molar refractivity (Wildman–Crippen MR) is 74.6 cm³/mol. The van der Waals surface area contributed by atoms with Crippen LogP contribution in [0.15, 0.2) is 18.3 Å². The summed E-state index contributed by atoms with van der Waals surface area (Å²) in [4.78, 5) is 28.5. The Bertz CT molecular complexity index is 586. The molecule has 0 bridgehead atoms. The molecule has 0 aliphatic rings. The van der Waals surface area contributed by atoms with Crippen molar-refractivity contribution in [3.63, 3.8) is 0 Å². The molecule has 20 heavy (non-hydrogen) atoms. The van der Waals surface area contributed by atoms with Crippen LogP contribution < -0.4 is 15.2 Å². The molecule has 8 heteroatoms. The number of nitrogen functional groups attached to an aromatic ring is 1. The number of carbonyl (C=O) groups excluding carboxylic acids is 2. The lowest BCUT2D eigenvalue weighted by Gasteiger charge is -2.03. The van der Waals surface area contributed by atoms with E-state index in [9.17, 15) is 9.59 Å². The molecular formula is C12H13N3O4S. The molecule has 2 heterocycles. The van der Waals surface area contributed by atoms with Gasteiger partial charge in [0.15, 0.2) is 17.7 Å². The molecule has 2 rings (SSSR count). The minimum atomic E-state index is 0.282. The molecule has 0 unspecified atom stereocenters. The zero-order valence-electron chi connectivity index (χ0n) is 10.9. The molecule has 0 spiro atoms. The van der Waals surface area contributed by atoms with Gasteiger partial charge in [0, 0.05) is 6.07 Å². The molecule has 2 aromatic heterocycles. The minimum Gasteiger partial charge on any atom is -0.481 e. The molecule has 2 N–H and O–H groups in total. The highest BCUT2D eigenvalue weighted by Gasteiger charge is 2.04. The monoisotopic (exact) mass is 295 g/mol. The first kappa shape index (κ1) is 15.6. The third-order valence-corrected chi connectivity index (χ3v) is 2.80. The second kappa shape index (κ2) is 7.85. The van der Waals surface area contributed by atoms with E-state index in [4.69, 9.17) is 15.2 Å². The number of carbonyl (C=O) groups is 2. The first-order valence-electron chi connectivity index (χ1n) is 5.35. The normalized spacial score (nSPS) is 9.10. The molecule has 0 saturated carbocycles. The first-order valence-corrected chi connectivity index (χ1v) is 6.17. The van der Waals surface area contributed by atoms with Crippen LogP contribution in [0.1, 0.15) is 20.0 Å². The van der Waals surface area contributed by atoms with Gasteiger partial charge < -0.3 is 15.2 Å². The largest absolute Gasteiger partial charge is 0.481 e. The number of rotatable bonds is 4. The fraction of sp³-hybridized carbons (Fsp3) is 0.167. The molecule has 0 amide bonds. The first-order chi connectivity index (χ1) is 9.64. The molecule has 0 atom stereocenters. The van der Waals surface area contributed by atoms with E-state index in [0.717, 1.165) is 6.29 Å². The molecule has 0 fully saturated rings. The molecule has 0 aromatic carbocycles. The quantitative estimate of drug-likeness (QED) is 0.851. The Morgan fingerprint density at radius 2 is 1.95 bits per heavy atom. The number of nitrogens with two attached hydrogens (primary N) is 1. The molecule has 0 radical (unpaired) electrons. The zero-order valence-corrected chi connectivity index (χ0v) is 11.7. The van der Waals surface area contributed by atoms with Crippen LogP contribution in [0.25, 0.3) is 0 Å². The summed E-state index contributed by atoms with van der Waals surface area (Å²) in [5.74, 6) is 0.710. The van der Waals surface area contributed by atoms with Crippen LogP contribution in [-0.2, 0) is 0 Å². The van der Waals surface area contributed by atoms with Gasteiger partial charge in [0.05, 0.1) is 30.9 Å². The highest BCUT2D eigenvalue weighted by atomic mass is 32.1. The van der Waals surface area contributed by atoms with Crippen molar-refractivity contribution < 1.29 is 19.1 Å². The van der Waals surface area contributed by atoms with Crippen LogP contribution in [0.3, 0.4) is 0 Å². The summed E-state index contributed by atoms with van der Waals surface area (Å²) in [5.41, 5.74) is 5.62. The number of hydrogen-bond donors (Lipinski definition) is 1. The van der Waals surface area contributed by atoms with Gasteiger partial charge in [0.2, 0.25) is 11.8 Å². The summed E-state index contributed by atoms with van der Waals surface area (Å²) in [6.07, 6.45) is 2.87. The third kappa shape index (κ3) is 4.32. The Balaban J connectivity index is 0.000000217. The number of ether oxygens (including phenoxy) is 2. The van der Waals surface area contributed by atoms with Crippen molar-refractivity contribution in [3.8, 4) is 11.8 Å². The Hall–Kier alpha value is -2.48. The minimum absolute atomic E-state index is 0.282. The number of thiazole rings is 1. The van der Waals surface area contributed by atoms with E-state index >= 15 is 0 Å². The smallest absolute Gasteiger partial charge is 0.227 e. The van der Waals surface area contributed by atoms with Gasteiger partial charge >= 0.3 is 0 Å². The number of hydrogen-bond acceptors (Lipinski definition) is 8. The maximum atomic E-state index is 10.4. The topological polar surface area (TPSA) is 104 Å². The van der Waals surface area contributed by atoms with E-state index in [1.54, 1.807) is 12.1 Å². The van der Waals surface area contributed by atoms with Gasteiger partial charge in [-0.3, -0.25) is 9.59 Å². The van der Waals surface area contributed by atoms with Gasteiger partial charge in [0.25, 0.3) is 0 Å². The number of aromatic nitrogens is 2. The Labute approximate surface area is 119 Å². The maximum absolute atomic E-state index is 10.4. The summed E-state index contributed by atoms with van der Waals surface area (Å²) in [7, 11) is 2.96. The van der Waals surface area contributed by atoms with Crippen molar-refractivity contribution in [3.05, 3.63) is 28.8 Å². The lowest BCUT2D eigenvalue weighted by Crippen LogP contribution is -1.96. The van der Waals surface area contributed by atoms with Crippen molar-refractivity contribution in [2.45, 2.75) is 0 Å². The predicted octanol–water partition coefficient (Wildman–Crippen LogP) is 1.45. The standard InChI is InChI=1S/C8H9NO3.C4H4N2OS/c1-11-7-4-3-6(5-10)8(9-7)12-2;5-4-6-1-3(2-7)8-4/h3-5H,1-2H3;1-2H,(H2,5,6). The summed E-state index contributed by atoms with van der Waals surface area (Å²) in [6, 6.07) is 3.20. The van der Waals surface area contributed by atoms with Crippen LogP contribution in [0.2, 0.25) is 0 Å². The molecule has 0 aliphatic carbocycles. The summed E-state index contributed by atoms with van der Waals surface area (Å²) in [6.45, 7) is 0. The molecule has 7 nitrogen and oxygen atoms in total. The summed E-state index contributed by atoms with van der Waals surface area (Å²) < 4.78 is 9.71. The van der Waals surface area contributed by atoms with E-state index in [2.05, 4.69) is 9.97 Å². The van der Waals surface area contributed by atoms with Crippen LogP contribution >= 0.6 is 11.3 Å². The van der Waals surface area contributed by atoms with Gasteiger partial charge in [-0.2, -0.15) is 4.98 Å². The maximum Gasteiger partial charge on any atom is 0.227 e. The van der Waals surface area contributed by atoms with Crippen molar-refractivity contribution >= 4 is 29.0 Å². The number of nitrogens with zero attached hydrogens (tertiary/aromatic N) is 2. The second-order valence-corrected chi connectivity index (χ2v) is 4.38. The van der Waals surface area contributed by atoms with Crippen LogP contribution in [-0.4, -0.2) is 36.8 Å². The Morgan fingerprint density at radius 1 is 1.20 bits per heavy atom. The molecule has 2 aromatic rings. The SMILES string of the molecule is COc1ccc(C=O)c(OC)n1.Nc1ncc(C=O)s1. The highest BCUT2D eigenvalue weighted by molar-refractivity contribution is 7.16. The van der Waals surface area contributed by atoms with Gasteiger partial charge in [-0.15, -0.1) is 0 Å². The number of anilines is 1. The van der Waals surface area contributed by atoms with Crippen molar-refractivity contribution in [2.24, 2.45) is 0 Å². The van der Waals surface area contributed by atoms with Crippen molar-refractivity contribution in [1.82, 2.24) is 9.97 Å². The lowest BCUT2D eigenvalue weighted by atomic mass is 10.3. The zero-order chi connectivity index (χ0) is 15.0. The second-order valence-electron chi connectivity index (χ2n) is 3.29. The molecule has 0 aliphatic heterocycles. The van der Waals surface area contributed by atoms with E-state index in [1.807, 2.05) is 0 Å². The average Bonchev–Trinajstić information content (AvgIpc) is 2.92. The Kier molecular flexibility index (Phi) is 6.11. The molecular weight excluding hydrogens is 282 g/mol. The van der Waals surface area contributed by atoms with Gasteiger partial charge in [-0.05, 0) is 6.07 Å². The number of methoxy groups -OCH3 is 2. The van der Waals surface area contributed by atoms with E-state index in [-0.39, 0.29) is 5.88 Å². The highest BCUT2D eigenvalue weighted by Crippen LogP contribution is 2.17. The summed E-state index contributed by atoms with van der Waals surface area (Å²) in [5, 5.41) is 0.437. The Morgan fingerprint density at radius 3 is 2.35 bits per heavy atom. The van der Waals surface area contributed by atoms with E-state index < -0.39 is 0 Å². The third-order valence-electron chi connectivity index (χ3n) is 2.05. The van der Waals surface area contributed by atoms with E-state index in [1.165, 1.54) is 31.8 Å². The van der Waals surface area contributed by atoms with Gasteiger partial charge in [-0.1, -0.05) is 11.3 Å². The fourth-order valence-corrected chi connectivity index (χ4v) is 1.66. The lowest BCUT2D eigenvalue weighted by molar-refractivity contribution is 0.111. The van der Waals surface area contributed by atoms with Gasteiger partial charge in [0.1, 0.15) is 0 Å². The van der Waals surface area contributed by atoms with Gasteiger partial charge in [-0.25, -0.2) is 4.98 Å².